The molecule has 0 aliphatic rings. The van der Waals surface area contributed by atoms with E-state index in [4.69, 9.17) is 15.2 Å². The van der Waals surface area contributed by atoms with Gasteiger partial charge < -0.3 is 15.2 Å². The number of H-pyrrole nitrogens is 1. The lowest BCUT2D eigenvalue weighted by atomic mass is 10.0. The van der Waals surface area contributed by atoms with Gasteiger partial charge in [-0.1, -0.05) is 0 Å². The van der Waals surface area contributed by atoms with Crippen LogP contribution >= 0.6 is 0 Å². The summed E-state index contributed by atoms with van der Waals surface area (Å²) in [6, 6.07) is 8.37. The first-order chi connectivity index (χ1) is 11.6. The molecular weight excluding hydrogens is 310 g/mol. The Bertz CT molecular complexity index is 919. The van der Waals surface area contributed by atoms with Gasteiger partial charge in [0.2, 0.25) is 5.95 Å². The van der Waals surface area contributed by atoms with Crippen LogP contribution in [0.1, 0.15) is 0 Å². The third-order valence-corrected chi connectivity index (χ3v) is 3.42. The van der Waals surface area contributed by atoms with Gasteiger partial charge in [-0.2, -0.15) is 5.10 Å². The molecule has 2 heterocycles. The van der Waals surface area contributed by atoms with Crippen molar-refractivity contribution in [3.05, 3.63) is 46.9 Å². The third-order valence-electron chi connectivity index (χ3n) is 3.42. The summed E-state index contributed by atoms with van der Waals surface area (Å²) >= 11 is 0. The number of ether oxygens (including phenoxy) is 2. The molecule has 0 aliphatic heterocycles. The van der Waals surface area contributed by atoms with Crippen molar-refractivity contribution in [1.82, 2.24) is 20.2 Å². The third kappa shape index (κ3) is 2.89. The Labute approximate surface area is 137 Å². The number of hydrogen-bond acceptors (Lipinski definition) is 7. The van der Waals surface area contributed by atoms with Crippen molar-refractivity contribution in [2.75, 3.05) is 20.0 Å². The van der Waals surface area contributed by atoms with Crippen molar-refractivity contribution in [3.63, 3.8) is 0 Å². The van der Waals surface area contributed by atoms with Crippen LogP contribution in [0.2, 0.25) is 0 Å². The van der Waals surface area contributed by atoms with Crippen LogP contribution in [0.5, 0.6) is 11.5 Å². The van der Waals surface area contributed by atoms with Gasteiger partial charge in [0.05, 0.1) is 25.6 Å². The standard InChI is InChI=1S/C16H15N5O3/c1-23-12-5-3-9(7-13(12)24-2)15-10(8-18-16(17)19-15)11-4-6-14(22)21-20-11/h3-8H,1-2H3,(H,21,22)(H2,17,18,19). The average Bonchev–Trinajstić information content (AvgIpc) is 2.62. The molecule has 1 aromatic carbocycles. The molecule has 8 heteroatoms. The highest BCUT2D eigenvalue weighted by Gasteiger charge is 2.14. The number of nitrogens with zero attached hydrogens (tertiary/aromatic N) is 3. The summed E-state index contributed by atoms with van der Waals surface area (Å²) in [5, 5.41) is 6.42. The number of anilines is 1. The minimum absolute atomic E-state index is 0.132. The number of nitrogens with two attached hydrogens (primary N) is 1. The van der Waals surface area contributed by atoms with Gasteiger partial charge >= 0.3 is 0 Å². The lowest BCUT2D eigenvalue weighted by Gasteiger charge is -2.12. The van der Waals surface area contributed by atoms with Gasteiger partial charge in [-0.3, -0.25) is 4.79 Å². The van der Waals surface area contributed by atoms with E-state index in [2.05, 4.69) is 20.2 Å². The fourth-order valence-corrected chi connectivity index (χ4v) is 2.28. The molecule has 3 N–H and O–H groups in total. The Balaban J connectivity index is 2.18. The summed E-state index contributed by atoms with van der Waals surface area (Å²) in [6.45, 7) is 0. The maximum absolute atomic E-state index is 11.2. The Kier molecular flexibility index (Phi) is 4.11. The SMILES string of the molecule is COc1ccc(-c2nc(N)ncc2-c2ccc(=O)[nH]n2)cc1OC. The van der Waals surface area contributed by atoms with Crippen molar-refractivity contribution in [1.29, 1.82) is 0 Å². The summed E-state index contributed by atoms with van der Waals surface area (Å²) in [5.74, 6) is 1.30. The molecule has 24 heavy (non-hydrogen) atoms. The Morgan fingerprint density at radius 2 is 1.88 bits per heavy atom. The molecule has 0 unspecified atom stereocenters. The number of aromatic amines is 1. The first-order valence-corrected chi connectivity index (χ1v) is 7.03. The summed E-state index contributed by atoms with van der Waals surface area (Å²) in [5.41, 5.74) is 7.93. The number of nitrogen functional groups attached to an aromatic ring is 1. The van der Waals surface area contributed by atoms with E-state index in [9.17, 15) is 4.79 Å². The lowest BCUT2D eigenvalue weighted by Crippen LogP contribution is -2.07. The second-order valence-electron chi connectivity index (χ2n) is 4.87. The number of hydrogen-bond donors (Lipinski definition) is 2. The molecular formula is C16H15N5O3. The zero-order chi connectivity index (χ0) is 17.1. The average molecular weight is 325 g/mol. The molecule has 2 aromatic heterocycles. The molecule has 0 amide bonds. The molecule has 3 rings (SSSR count). The topological polar surface area (TPSA) is 116 Å². The Morgan fingerprint density at radius 1 is 1.08 bits per heavy atom. The van der Waals surface area contributed by atoms with Crippen LogP contribution in [0.15, 0.2) is 41.3 Å². The van der Waals surface area contributed by atoms with Gasteiger partial charge in [0.15, 0.2) is 11.5 Å². The van der Waals surface area contributed by atoms with E-state index in [1.807, 2.05) is 6.07 Å². The van der Waals surface area contributed by atoms with E-state index < -0.39 is 0 Å². The van der Waals surface area contributed by atoms with Crippen LogP contribution < -0.4 is 20.8 Å². The fraction of sp³-hybridized carbons (Fsp3) is 0.125. The van der Waals surface area contributed by atoms with Crippen molar-refractivity contribution in [2.45, 2.75) is 0 Å². The van der Waals surface area contributed by atoms with E-state index in [0.29, 0.717) is 28.5 Å². The van der Waals surface area contributed by atoms with Gasteiger partial charge in [0.1, 0.15) is 0 Å². The quantitative estimate of drug-likeness (QED) is 0.746. The molecule has 0 radical (unpaired) electrons. The molecule has 122 valence electrons. The maximum Gasteiger partial charge on any atom is 0.264 e. The lowest BCUT2D eigenvalue weighted by molar-refractivity contribution is 0.355. The number of aromatic nitrogens is 4. The first kappa shape index (κ1) is 15.5. The van der Waals surface area contributed by atoms with Crippen molar-refractivity contribution in [2.24, 2.45) is 0 Å². The molecule has 0 bridgehead atoms. The van der Waals surface area contributed by atoms with Gasteiger partial charge in [0.25, 0.3) is 5.56 Å². The van der Waals surface area contributed by atoms with Crippen LogP contribution in [0.3, 0.4) is 0 Å². The minimum Gasteiger partial charge on any atom is -0.493 e. The summed E-state index contributed by atoms with van der Waals surface area (Å²) in [6.07, 6.45) is 1.56. The molecule has 8 nitrogen and oxygen atoms in total. The van der Waals surface area contributed by atoms with Gasteiger partial charge in [-0.15, -0.1) is 0 Å². The molecule has 0 spiro atoms. The highest BCUT2D eigenvalue weighted by atomic mass is 16.5. The summed E-state index contributed by atoms with van der Waals surface area (Å²) < 4.78 is 10.6. The Morgan fingerprint density at radius 3 is 2.54 bits per heavy atom. The van der Waals surface area contributed by atoms with E-state index in [1.165, 1.54) is 6.07 Å². The monoisotopic (exact) mass is 325 g/mol. The highest BCUT2D eigenvalue weighted by Crippen LogP contribution is 2.35. The second kappa shape index (κ2) is 6.37. The highest BCUT2D eigenvalue weighted by molar-refractivity contribution is 5.79. The van der Waals surface area contributed by atoms with Crippen LogP contribution in [0.25, 0.3) is 22.5 Å². The molecule has 0 aliphatic carbocycles. The van der Waals surface area contributed by atoms with Crippen LogP contribution in [-0.2, 0) is 0 Å². The fourth-order valence-electron chi connectivity index (χ4n) is 2.28. The van der Waals surface area contributed by atoms with Crippen molar-refractivity contribution < 1.29 is 9.47 Å². The Hall–Kier alpha value is -3.42. The number of nitrogens with one attached hydrogen (secondary N) is 1. The molecule has 0 atom stereocenters. The van der Waals surface area contributed by atoms with Crippen LogP contribution in [0, 0.1) is 0 Å². The van der Waals surface area contributed by atoms with Gasteiger partial charge in [-0.05, 0) is 24.3 Å². The van der Waals surface area contributed by atoms with Gasteiger partial charge in [0, 0.05) is 23.4 Å². The van der Waals surface area contributed by atoms with Crippen LogP contribution in [0.4, 0.5) is 5.95 Å². The smallest absolute Gasteiger partial charge is 0.264 e. The first-order valence-electron chi connectivity index (χ1n) is 7.03. The summed E-state index contributed by atoms with van der Waals surface area (Å²) in [4.78, 5) is 19.5. The number of methoxy groups -OCH3 is 2. The van der Waals surface area contributed by atoms with Crippen molar-refractivity contribution in [3.8, 4) is 34.0 Å². The number of rotatable bonds is 4. The molecule has 0 saturated heterocycles. The largest absolute Gasteiger partial charge is 0.493 e. The van der Waals surface area contributed by atoms with Gasteiger partial charge in [-0.25, -0.2) is 15.1 Å². The van der Waals surface area contributed by atoms with E-state index in [1.54, 1.807) is 38.6 Å². The summed E-state index contributed by atoms with van der Waals surface area (Å²) in [7, 11) is 3.12. The predicted octanol–water partition coefficient (Wildman–Crippen LogP) is 1.49. The van der Waals surface area contributed by atoms with Crippen LogP contribution in [-0.4, -0.2) is 34.4 Å². The second-order valence-corrected chi connectivity index (χ2v) is 4.87. The van der Waals surface area contributed by atoms with E-state index in [0.717, 1.165) is 5.56 Å². The zero-order valence-corrected chi connectivity index (χ0v) is 13.1. The van der Waals surface area contributed by atoms with E-state index in [-0.39, 0.29) is 11.5 Å². The minimum atomic E-state index is -0.289. The number of benzene rings is 1. The maximum atomic E-state index is 11.2. The normalized spacial score (nSPS) is 10.4. The predicted molar refractivity (Wildman–Crippen MR) is 88.8 cm³/mol. The molecule has 3 aromatic rings. The van der Waals surface area contributed by atoms with E-state index >= 15 is 0 Å². The molecule has 0 saturated carbocycles. The molecule has 0 fully saturated rings. The zero-order valence-electron chi connectivity index (χ0n) is 13.1. The van der Waals surface area contributed by atoms with Crippen molar-refractivity contribution >= 4 is 5.95 Å².